The van der Waals surface area contributed by atoms with E-state index < -0.39 is 53.0 Å². The van der Waals surface area contributed by atoms with Crippen molar-refractivity contribution in [3.05, 3.63) is 52.7 Å². The molecular formula is C19H14F6N6O2. The van der Waals surface area contributed by atoms with Crippen LogP contribution in [0.25, 0.3) is 0 Å². The van der Waals surface area contributed by atoms with E-state index in [1.165, 1.54) is 13.0 Å². The number of hydrogen-bond donors (Lipinski definition) is 2. The molecule has 2 atom stereocenters. The molecule has 0 spiro atoms. The molecule has 0 saturated heterocycles. The smallest absolute Gasteiger partial charge is 0.431 e. The highest BCUT2D eigenvalue weighted by molar-refractivity contribution is 6.03. The van der Waals surface area contributed by atoms with Crippen molar-refractivity contribution in [3.63, 3.8) is 0 Å². The molecule has 0 fully saturated rings. The summed E-state index contributed by atoms with van der Waals surface area (Å²) < 4.78 is 87.9. The molecule has 0 bridgehead atoms. The van der Waals surface area contributed by atoms with Crippen LogP contribution in [0.3, 0.4) is 0 Å². The molecule has 0 radical (unpaired) electrons. The van der Waals surface area contributed by atoms with Gasteiger partial charge in [0.25, 0.3) is 18.0 Å². The maximum absolute atomic E-state index is 14.9. The Morgan fingerprint density at radius 1 is 1.33 bits per heavy atom. The number of pyridine rings is 2. The number of nitrogens with two attached hydrogens (primary N) is 1. The summed E-state index contributed by atoms with van der Waals surface area (Å²) in [6, 6.07) is 3.49. The van der Waals surface area contributed by atoms with Crippen molar-refractivity contribution >= 4 is 17.7 Å². The Hall–Kier alpha value is -3.89. The number of ether oxygens (including phenoxy) is 1. The summed E-state index contributed by atoms with van der Waals surface area (Å²) in [6.45, 7) is 2.00. The van der Waals surface area contributed by atoms with E-state index in [4.69, 9.17) is 11.0 Å². The standard InChI is InChI=1S/C19H14F6N6O2/c1-8-5-9(6-26)7-28-12(8)14(32)30-11-4-3-10(20)13(29-11)17(2)18(21,22)15(19(23,24)25)33-16(27)31-17/h3-5,7,15H,1-2H3,(H2,27,31)(H,29,30,32)/t15-,17-/m1/s1. The molecule has 174 valence electrons. The maximum atomic E-state index is 14.9. The summed E-state index contributed by atoms with van der Waals surface area (Å²) in [4.78, 5) is 23.1. The maximum Gasteiger partial charge on any atom is 0.431 e. The number of hydrogen-bond acceptors (Lipinski definition) is 7. The quantitative estimate of drug-likeness (QED) is 0.661. The number of carbonyl (C=O) groups excluding carboxylic acids is 1. The molecule has 14 heteroatoms. The molecule has 2 aromatic heterocycles. The second-order valence-electron chi connectivity index (χ2n) is 7.17. The minimum atomic E-state index is -5.56. The van der Waals surface area contributed by atoms with Crippen molar-refractivity contribution in [1.29, 1.82) is 5.26 Å². The van der Waals surface area contributed by atoms with E-state index in [-0.39, 0.29) is 11.3 Å². The highest BCUT2D eigenvalue weighted by Gasteiger charge is 2.70. The molecule has 1 aliphatic rings. The van der Waals surface area contributed by atoms with Crippen LogP contribution in [0, 0.1) is 24.1 Å². The number of halogens is 6. The molecule has 3 N–H and O–H groups in total. The molecule has 0 unspecified atom stereocenters. The van der Waals surface area contributed by atoms with Gasteiger partial charge < -0.3 is 15.8 Å². The first kappa shape index (κ1) is 23.8. The Balaban J connectivity index is 2.03. The molecule has 1 amide bonds. The third-order valence-electron chi connectivity index (χ3n) is 4.82. The van der Waals surface area contributed by atoms with Crippen molar-refractivity contribution in [2.24, 2.45) is 10.7 Å². The molecule has 0 saturated carbocycles. The van der Waals surface area contributed by atoms with Gasteiger partial charge in [0.1, 0.15) is 29.1 Å². The lowest BCUT2D eigenvalue weighted by molar-refractivity contribution is -0.288. The van der Waals surface area contributed by atoms with Gasteiger partial charge in [-0.15, -0.1) is 0 Å². The van der Waals surface area contributed by atoms with Gasteiger partial charge in [-0.05, 0) is 37.6 Å². The van der Waals surface area contributed by atoms with Crippen LogP contribution in [0.4, 0.5) is 32.2 Å². The molecular weight excluding hydrogens is 458 g/mol. The number of aromatic nitrogens is 2. The SMILES string of the molecule is Cc1cc(C#N)cnc1C(=O)Nc1ccc(F)c([C@@]2(C)N=C(N)O[C@@H](C(F)(F)F)C2(F)F)n1. The van der Waals surface area contributed by atoms with Gasteiger partial charge in [0, 0.05) is 6.20 Å². The van der Waals surface area contributed by atoms with E-state index in [1.807, 2.05) is 6.07 Å². The minimum absolute atomic E-state index is 0.149. The number of aliphatic imine (C=N–C) groups is 1. The molecule has 8 nitrogen and oxygen atoms in total. The van der Waals surface area contributed by atoms with Crippen molar-refractivity contribution in [2.75, 3.05) is 5.32 Å². The Morgan fingerprint density at radius 3 is 2.58 bits per heavy atom. The Labute approximate surface area is 182 Å². The largest absolute Gasteiger partial charge is 0.446 e. The first-order valence-electron chi connectivity index (χ1n) is 9.02. The zero-order valence-electron chi connectivity index (χ0n) is 16.8. The highest BCUT2D eigenvalue weighted by atomic mass is 19.4. The lowest BCUT2D eigenvalue weighted by Crippen LogP contribution is -2.62. The number of rotatable bonds is 3. The number of carbonyl (C=O) groups is 1. The van der Waals surface area contributed by atoms with Crippen LogP contribution in [0.2, 0.25) is 0 Å². The number of nitrogens with zero attached hydrogens (tertiary/aromatic N) is 4. The van der Waals surface area contributed by atoms with Gasteiger partial charge in [-0.2, -0.15) is 27.2 Å². The third kappa shape index (κ3) is 4.13. The van der Waals surface area contributed by atoms with Gasteiger partial charge in [0.15, 0.2) is 5.54 Å². The average Bonchev–Trinajstić information content (AvgIpc) is 2.71. The monoisotopic (exact) mass is 472 g/mol. The Morgan fingerprint density at radius 2 is 2.00 bits per heavy atom. The van der Waals surface area contributed by atoms with Crippen molar-refractivity contribution in [2.45, 2.75) is 37.6 Å². The van der Waals surface area contributed by atoms with Crippen LogP contribution >= 0.6 is 0 Å². The summed E-state index contributed by atoms with van der Waals surface area (Å²) >= 11 is 0. The normalized spacial score (nSPS) is 22.0. The number of amides is 1. The molecule has 0 aromatic carbocycles. The van der Waals surface area contributed by atoms with Crippen LogP contribution in [-0.2, 0) is 10.3 Å². The van der Waals surface area contributed by atoms with E-state index in [0.717, 1.165) is 12.3 Å². The van der Waals surface area contributed by atoms with E-state index in [1.54, 1.807) is 0 Å². The summed E-state index contributed by atoms with van der Waals surface area (Å²) in [5.74, 6) is -7.59. The summed E-state index contributed by atoms with van der Waals surface area (Å²) in [5, 5.41) is 11.1. The second-order valence-corrected chi connectivity index (χ2v) is 7.17. The number of nitriles is 1. The van der Waals surface area contributed by atoms with Crippen molar-refractivity contribution in [3.8, 4) is 6.07 Å². The lowest BCUT2D eigenvalue weighted by Gasteiger charge is -2.42. The zero-order valence-corrected chi connectivity index (χ0v) is 16.8. The van der Waals surface area contributed by atoms with E-state index >= 15 is 0 Å². The first-order chi connectivity index (χ1) is 15.2. The van der Waals surface area contributed by atoms with Crippen LogP contribution in [0.15, 0.2) is 29.4 Å². The van der Waals surface area contributed by atoms with Gasteiger partial charge in [-0.1, -0.05) is 0 Å². The van der Waals surface area contributed by atoms with E-state index in [0.29, 0.717) is 18.6 Å². The molecule has 1 aliphatic heterocycles. The van der Waals surface area contributed by atoms with E-state index in [2.05, 4.69) is 25.0 Å². The average molecular weight is 472 g/mol. The van der Waals surface area contributed by atoms with Crippen LogP contribution < -0.4 is 11.1 Å². The van der Waals surface area contributed by atoms with Crippen LogP contribution in [0.1, 0.15) is 34.2 Å². The van der Waals surface area contributed by atoms with E-state index in [9.17, 15) is 31.1 Å². The summed E-state index contributed by atoms with van der Waals surface area (Å²) in [5.41, 5.74) is 1.09. The first-order valence-corrected chi connectivity index (χ1v) is 9.02. The van der Waals surface area contributed by atoms with Crippen LogP contribution in [0.5, 0.6) is 0 Å². The predicted molar refractivity (Wildman–Crippen MR) is 101 cm³/mol. The van der Waals surface area contributed by atoms with Gasteiger partial charge in [0.2, 0.25) is 0 Å². The molecule has 3 rings (SSSR count). The highest BCUT2D eigenvalue weighted by Crippen LogP contribution is 2.50. The number of alkyl halides is 5. The molecule has 2 aromatic rings. The fraction of sp³-hybridized carbons (Fsp3) is 0.316. The third-order valence-corrected chi connectivity index (χ3v) is 4.82. The summed E-state index contributed by atoms with van der Waals surface area (Å²) in [6.07, 6.45) is -8.16. The number of nitrogens with one attached hydrogen (secondary N) is 1. The minimum Gasteiger partial charge on any atom is -0.446 e. The van der Waals surface area contributed by atoms with Crippen LogP contribution in [-0.4, -0.2) is 40.1 Å². The number of aryl methyl sites for hydroxylation is 1. The van der Waals surface area contributed by atoms with Gasteiger partial charge >= 0.3 is 12.1 Å². The van der Waals surface area contributed by atoms with Crippen molar-refractivity contribution in [1.82, 2.24) is 9.97 Å². The Bertz CT molecular complexity index is 1190. The lowest BCUT2D eigenvalue weighted by atomic mass is 9.85. The second kappa shape index (κ2) is 7.91. The fourth-order valence-electron chi connectivity index (χ4n) is 3.16. The number of anilines is 1. The number of amidine groups is 1. The van der Waals surface area contributed by atoms with Crippen molar-refractivity contribution < 1.29 is 35.9 Å². The molecule has 33 heavy (non-hydrogen) atoms. The molecule has 3 heterocycles. The van der Waals surface area contributed by atoms with Gasteiger partial charge in [-0.3, -0.25) is 4.79 Å². The predicted octanol–water partition coefficient (Wildman–Crippen LogP) is 3.17. The summed E-state index contributed by atoms with van der Waals surface area (Å²) in [7, 11) is 0. The zero-order chi connectivity index (χ0) is 24.8. The Kier molecular flexibility index (Phi) is 5.70. The molecule has 0 aliphatic carbocycles. The fourth-order valence-corrected chi connectivity index (χ4v) is 3.16. The van der Waals surface area contributed by atoms with Gasteiger partial charge in [0.05, 0.1) is 5.56 Å². The topological polar surface area (TPSA) is 126 Å². The van der Waals surface area contributed by atoms with Gasteiger partial charge in [-0.25, -0.2) is 19.4 Å².